The van der Waals surface area contributed by atoms with Crippen LogP contribution in [0.1, 0.15) is 17.3 Å². The third kappa shape index (κ3) is 5.20. The molecule has 176 valence electrons. The van der Waals surface area contributed by atoms with Crippen molar-refractivity contribution >= 4 is 27.5 Å². The average molecular weight is 476 g/mol. The Hall–Kier alpha value is -3.31. The van der Waals surface area contributed by atoms with Crippen molar-refractivity contribution in [2.75, 3.05) is 44.2 Å². The van der Waals surface area contributed by atoms with Gasteiger partial charge in [-0.1, -0.05) is 12.1 Å². The highest BCUT2D eigenvalue weighted by atomic mass is 32.2. The Labute approximate surface area is 191 Å². The van der Waals surface area contributed by atoms with Crippen LogP contribution in [0, 0.1) is 0 Å². The van der Waals surface area contributed by atoms with E-state index in [1.54, 1.807) is 24.0 Å². The lowest BCUT2D eigenvalue weighted by Gasteiger charge is -2.29. The van der Waals surface area contributed by atoms with Crippen LogP contribution < -0.4 is 19.5 Å². The number of amides is 2. The average Bonchev–Trinajstić information content (AvgIpc) is 2.83. The Balaban J connectivity index is 1.50. The maximum absolute atomic E-state index is 13.0. The van der Waals surface area contributed by atoms with Crippen molar-refractivity contribution in [2.24, 2.45) is 0 Å². The molecule has 2 N–H and O–H groups in total. The summed E-state index contributed by atoms with van der Waals surface area (Å²) in [7, 11) is -4.02. The molecule has 2 aliphatic heterocycles. The van der Waals surface area contributed by atoms with E-state index in [1.165, 1.54) is 30.3 Å². The second-order valence-electron chi connectivity index (χ2n) is 7.59. The highest BCUT2D eigenvalue weighted by Crippen LogP contribution is 2.33. The van der Waals surface area contributed by atoms with E-state index in [0.29, 0.717) is 51.0 Å². The maximum atomic E-state index is 13.0. The minimum Gasteiger partial charge on any atom is -0.486 e. The molecule has 0 spiro atoms. The number of carbonyl (C=O) groups is 2. The van der Waals surface area contributed by atoms with Gasteiger partial charge in [0.2, 0.25) is 5.91 Å². The fraction of sp³-hybridized carbons (Fsp3) is 0.364. The van der Waals surface area contributed by atoms with Gasteiger partial charge in [0.05, 0.1) is 29.4 Å². The van der Waals surface area contributed by atoms with Crippen molar-refractivity contribution in [3.63, 3.8) is 0 Å². The van der Waals surface area contributed by atoms with Gasteiger partial charge in [-0.3, -0.25) is 14.3 Å². The molecular formula is C22H25N3O7S. The number of nitrogens with one attached hydrogen (secondary N) is 2. The highest BCUT2D eigenvalue weighted by molar-refractivity contribution is 7.92. The molecule has 10 nitrogen and oxygen atoms in total. The molecule has 1 atom stereocenters. The van der Waals surface area contributed by atoms with Gasteiger partial charge in [0, 0.05) is 19.2 Å². The predicted molar refractivity (Wildman–Crippen MR) is 119 cm³/mol. The summed E-state index contributed by atoms with van der Waals surface area (Å²) in [5.74, 6) is 0.0232. The van der Waals surface area contributed by atoms with Crippen LogP contribution >= 0.6 is 0 Å². The molecule has 0 saturated carbocycles. The number of hydrogen-bond acceptors (Lipinski definition) is 7. The first-order valence-electron chi connectivity index (χ1n) is 10.5. The molecule has 2 heterocycles. The van der Waals surface area contributed by atoms with E-state index in [9.17, 15) is 18.0 Å². The van der Waals surface area contributed by atoms with Crippen molar-refractivity contribution in [1.29, 1.82) is 0 Å². The fourth-order valence-corrected chi connectivity index (χ4v) is 4.65. The smallest absolute Gasteiger partial charge is 0.262 e. The minimum atomic E-state index is -4.02. The monoisotopic (exact) mass is 475 g/mol. The first kappa shape index (κ1) is 22.9. The number of nitrogens with zero attached hydrogens (tertiary/aromatic N) is 1. The molecule has 2 aromatic rings. The topological polar surface area (TPSA) is 123 Å². The summed E-state index contributed by atoms with van der Waals surface area (Å²) >= 11 is 0. The summed E-state index contributed by atoms with van der Waals surface area (Å²) in [5, 5.41) is 2.66. The van der Waals surface area contributed by atoms with E-state index in [1.807, 2.05) is 0 Å². The van der Waals surface area contributed by atoms with E-state index in [0.717, 1.165) is 0 Å². The number of rotatable bonds is 6. The van der Waals surface area contributed by atoms with E-state index >= 15 is 0 Å². The summed E-state index contributed by atoms with van der Waals surface area (Å²) in [6, 6.07) is 9.73. The van der Waals surface area contributed by atoms with Gasteiger partial charge in [-0.05, 0) is 31.2 Å². The van der Waals surface area contributed by atoms with Crippen LogP contribution in [0.4, 0.5) is 5.69 Å². The molecule has 0 bridgehead atoms. The van der Waals surface area contributed by atoms with Crippen LogP contribution in [0.15, 0.2) is 47.4 Å². The van der Waals surface area contributed by atoms with E-state index < -0.39 is 22.0 Å². The Morgan fingerprint density at radius 2 is 1.67 bits per heavy atom. The molecule has 1 saturated heterocycles. The Kier molecular flexibility index (Phi) is 6.70. The van der Waals surface area contributed by atoms with E-state index in [2.05, 4.69) is 10.0 Å². The lowest BCUT2D eigenvalue weighted by molar-refractivity contribution is -0.136. The number of carbonyl (C=O) groups excluding carboxylic acids is 2. The number of sulfonamides is 1. The standard InChI is InChI=1S/C22H25N3O7S/c1-15(22(27)25-8-10-30-11-9-25)23-21(26)17-4-2-3-5-18(17)24-33(28,29)16-6-7-19-20(14-16)32-13-12-31-19/h2-7,14-15,24H,8-13H2,1H3,(H,23,26). The minimum absolute atomic E-state index is 0.0298. The van der Waals surface area contributed by atoms with Crippen LogP contribution in [-0.2, 0) is 19.6 Å². The zero-order valence-electron chi connectivity index (χ0n) is 18.1. The number of ether oxygens (including phenoxy) is 3. The predicted octanol–water partition coefficient (Wildman–Crippen LogP) is 1.24. The molecule has 0 radical (unpaired) electrons. The van der Waals surface area contributed by atoms with Crippen molar-refractivity contribution in [3.8, 4) is 11.5 Å². The zero-order valence-corrected chi connectivity index (χ0v) is 18.9. The maximum Gasteiger partial charge on any atom is 0.262 e. The highest BCUT2D eigenvalue weighted by Gasteiger charge is 2.26. The largest absolute Gasteiger partial charge is 0.486 e. The summed E-state index contributed by atoms with van der Waals surface area (Å²) in [5.41, 5.74) is 0.191. The zero-order chi connectivity index (χ0) is 23.4. The van der Waals surface area contributed by atoms with Crippen molar-refractivity contribution in [2.45, 2.75) is 17.9 Å². The number of anilines is 1. The third-order valence-corrected chi connectivity index (χ3v) is 6.64. The third-order valence-electron chi connectivity index (χ3n) is 5.28. The molecule has 2 aromatic carbocycles. The second kappa shape index (κ2) is 9.67. The Morgan fingerprint density at radius 3 is 2.42 bits per heavy atom. The molecule has 2 aliphatic rings. The molecule has 11 heteroatoms. The number of hydrogen-bond donors (Lipinski definition) is 2. The van der Waals surface area contributed by atoms with Crippen LogP contribution in [0.5, 0.6) is 11.5 Å². The van der Waals surface area contributed by atoms with Gasteiger partial charge >= 0.3 is 0 Å². The van der Waals surface area contributed by atoms with Gasteiger partial charge in [-0.15, -0.1) is 0 Å². The molecule has 33 heavy (non-hydrogen) atoms. The quantitative estimate of drug-likeness (QED) is 0.644. The number of benzene rings is 2. The summed E-state index contributed by atoms with van der Waals surface area (Å²) in [4.78, 5) is 27.1. The van der Waals surface area contributed by atoms with Gasteiger partial charge in [-0.2, -0.15) is 0 Å². The van der Waals surface area contributed by atoms with Crippen LogP contribution in [0.3, 0.4) is 0 Å². The van der Waals surface area contributed by atoms with Crippen LogP contribution in [-0.4, -0.2) is 70.7 Å². The first-order chi connectivity index (χ1) is 15.8. The van der Waals surface area contributed by atoms with Crippen molar-refractivity contribution < 1.29 is 32.2 Å². The number of para-hydroxylation sites is 1. The molecule has 0 aliphatic carbocycles. The number of fused-ring (bicyclic) bond motifs is 1. The van der Waals surface area contributed by atoms with E-state index in [4.69, 9.17) is 14.2 Å². The lowest BCUT2D eigenvalue weighted by atomic mass is 10.1. The molecule has 4 rings (SSSR count). The molecule has 1 unspecified atom stereocenters. The molecule has 1 fully saturated rings. The van der Waals surface area contributed by atoms with Crippen molar-refractivity contribution in [1.82, 2.24) is 10.2 Å². The van der Waals surface area contributed by atoms with Gasteiger partial charge in [0.25, 0.3) is 15.9 Å². The Morgan fingerprint density at radius 1 is 0.970 bits per heavy atom. The first-order valence-corrected chi connectivity index (χ1v) is 12.0. The second-order valence-corrected chi connectivity index (χ2v) is 9.27. The van der Waals surface area contributed by atoms with Crippen LogP contribution in [0.25, 0.3) is 0 Å². The summed E-state index contributed by atoms with van der Waals surface area (Å²) < 4.78 is 44.6. The van der Waals surface area contributed by atoms with Gasteiger partial charge in [0.1, 0.15) is 19.3 Å². The van der Waals surface area contributed by atoms with E-state index in [-0.39, 0.29) is 22.1 Å². The normalized spacial score (nSPS) is 16.6. The SMILES string of the molecule is CC(NC(=O)c1ccccc1NS(=O)(=O)c1ccc2c(c1)OCCO2)C(=O)N1CCOCC1. The number of morpholine rings is 1. The molecular weight excluding hydrogens is 450 g/mol. The summed E-state index contributed by atoms with van der Waals surface area (Å²) in [6.07, 6.45) is 0. The Bertz CT molecular complexity index is 1150. The molecule has 2 amide bonds. The fourth-order valence-electron chi connectivity index (χ4n) is 3.56. The lowest BCUT2D eigenvalue weighted by Crippen LogP contribution is -2.50. The van der Waals surface area contributed by atoms with Gasteiger partial charge < -0.3 is 24.4 Å². The van der Waals surface area contributed by atoms with Gasteiger partial charge in [-0.25, -0.2) is 8.42 Å². The van der Waals surface area contributed by atoms with Crippen LogP contribution in [0.2, 0.25) is 0 Å². The molecule has 0 aromatic heterocycles. The summed E-state index contributed by atoms with van der Waals surface area (Å²) in [6.45, 7) is 4.15. The van der Waals surface area contributed by atoms with Crippen molar-refractivity contribution in [3.05, 3.63) is 48.0 Å². The van der Waals surface area contributed by atoms with Gasteiger partial charge in [0.15, 0.2) is 11.5 Å².